The number of hydrogen-bond acceptors (Lipinski definition) is 15. The second kappa shape index (κ2) is 34.0. The number of aliphatic hydroxyl groups is 2. The van der Waals surface area contributed by atoms with E-state index in [1.807, 2.05) is 25.1 Å². The highest BCUT2D eigenvalue weighted by Gasteiger charge is 2.42. The van der Waals surface area contributed by atoms with Crippen LogP contribution in [-0.4, -0.2) is 188 Å². The number of likely N-dealkylation sites (tertiary alicyclic amines) is 1. The number of aliphatic imine (C=N–C) groups is 1. The summed E-state index contributed by atoms with van der Waals surface area (Å²) in [4.78, 5) is 158. The number of carboxylic acid groups (broad SMARTS) is 2. The van der Waals surface area contributed by atoms with Crippen LogP contribution in [0.4, 0.5) is 0 Å². The smallest absolute Gasteiger partial charge is 0.328 e. The molecule has 84 heavy (non-hydrogen) atoms. The lowest BCUT2D eigenvalue weighted by Crippen LogP contribution is -2.61. The van der Waals surface area contributed by atoms with E-state index in [-0.39, 0.29) is 57.1 Å². The van der Waals surface area contributed by atoms with Crippen molar-refractivity contribution in [2.75, 3.05) is 19.7 Å². The van der Waals surface area contributed by atoms with Gasteiger partial charge in [0.15, 0.2) is 12.0 Å². The van der Waals surface area contributed by atoms with Crippen molar-refractivity contribution in [3.63, 3.8) is 0 Å². The van der Waals surface area contributed by atoms with Crippen molar-refractivity contribution in [3.05, 3.63) is 36.0 Å². The Labute approximate surface area is 487 Å². The van der Waals surface area contributed by atoms with E-state index in [0.29, 0.717) is 24.8 Å². The topological polar surface area (TPSA) is 474 Å². The summed E-state index contributed by atoms with van der Waals surface area (Å²) in [6, 6.07) is -6.61. The van der Waals surface area contributed by atoms with Gasteiger partial charge in [-0.25, -0.2) is 4.79 Å². The first kappa shape index (κ1) is 70.3. The Balaban J connectivity index is 1.91. The summed E-state index contributed by atoms with van der Waals surface area (Å²) >= 11 is 0. The van der Waals surface area contributed by atoms with Crippen LogP contribution >= 0.6 is 0 Å². The third kappa shape index (κ3) is 21.4. The van der Waals surface area contributed by atoms with Gasteiger partial charge in [-0.3, -0.25) is 52.9 Å². The summed E-state index contributed by atoms with van der Waals surface area (Å²) in [5.41, 5.74) is 18.1. The number of rotatable bonds is 35. The van der Waals surface area contributed by atoms with Gasteiger partial charge < -0.3 is 90.0 Å². The highest BCUT2D eigenvalue weighted by atomic mass is 16.4. The van der Waals surface area contributed by atoms with E-state index >= 15 is 0 Å². The van der Waals surface area contributed by atoms with E-state index < -0.39 is 163 Å². The largest absolute Gasteiger partial charge is 0.481 e. The number of aliphatic carboxylic acids is 2. The molecule has 29 nitrogen and oxygen atoms in total. The van der Waals surface area contributed by atoms with Crippen LogP contribution in [0.5, 0.6) is 0 Å². The molecule has 1 saturated heterocycles. The normalized spacial score (nSPS) is 17.4. The molecule has 0 aliphatic carbocycles. The van der Waals surface area contributed by atoms with Crippen molar-refractivity contribution in [1.82, 2.24) is 52.4 Å². The molecule has 0 spiro atoms. The molecule has 3 rings (SSSR count). The van der Waals surface area contributed by atoms with Gasteiger partial charge in [-0.15, -0.1) is 0 Å². The summed E-state index contributed by atoms with van der Waals surface area (Å²) in [6.45, 7) is 12.3. The zero-order valence-corrected chi connectivity index (χ0v) is 49.1. The van der Waals surface area contributed by atoms with Gasteiger partial charge in [-0.05, 0) is 81.8 Å². The van der Waals surface area contributed by atoms with Crippen molar-refractivity contribution in [3.8, 4) is 0 Å². The first-order chi connectivity index (χ1) is 39.5. The fourth-order valence-electron chi connectivity index (χ4n) is 9.33. The van der Waals surface area contributed by atoms with Gasteiger partial charge in [0.2, 0.25) is 53.2 Å². The number of fused-ring (bicyclic) bond motifs is 1. The summed E-state index contributed by atoms with van der Waals surface area (Å²) in [6.07, 6.45) is 0.155. The zero-order chi connectivity index (χ0) is 63.1. The minimum atomic E-state index is -1.73. The molecule has 468 valence electrons. The van der Waals surface area contributed by atoms with E-state index in [2.05, 4.69) is 52.5 Å². The number of carboxylic acids is 2. The van der Waals surface area contributed by atoms with Crippen LogP contribution in [0.2, 0.25) is 0 Å². The highest BCUT2D eigenvalue weighted by Crippen LogP contribution is 2.24. The van der Waals surface area contributed by atoms with Gasteiger partial charge in [-0.1, -0.05) is 72.6 Å². The fraction of sp³-hybridized carbons (Fsp3) is 0.636. The number of hydrogen-bond donors (Lipinski definition) is 16. The molecule has 1 aromatic heterocycles. The maximum absolute atomic E-state index is 14.4. The molecule has 0 radical (unpaired) electrons. The van der Waals surface area contributed by atoms with Crippen LogP contribution in [0, 0.1) is 17.8 Å². The second-order valence-corrected chi connectivity index (χ2v) is 21.8. The van der Waals surface area contributed by atoms with Crippen molar-refractivity contribution in [1.29, 1.82) is 0 Å². The van der Waals surface area contributed by atoms with Crippen LogP contribution in [0.25, 0.3) is 10.9 Å². The number of guanidine groups is 1. The molecule has 0 bridgehead atoms. The average Bonchev–Trinajstić information content (AvgIpc) is 4.28. The van der Waals surface area contributed by atoms with Crippen LogP contribution < -0.4 is 59.7 Å². The molecule has 2 aromatic rings. The number of amides is 9. The molecule has 1 fully saturated rings. The van der Waals surface area contributed by atoms with Gasteiger partial charge in [-0.2, -0.15) is 0 Å². The van der Waals surface area contributed by atoms with E-state index in [4.69, 9.17) is 17.2 Å². The number of aromatic nitrogens is 1. The van der Waals surface area contributed by atoms with Crippen LogP contribution in [0.1, 0.15) is 119 Å². The summed E-state index contributed by atoms with van der Waals surface area (Å²) in [5.74, 6) is -12.0. The monoisotopic (exact) mass is 1180 g/mol. The van der Waals surface area contributed by atoms with E-state index in [9.17, 15) is 73.2 Å². The predicted octanol–water partition coefficient (Wildman–Crippen LogP) is -2.56. The lowest BCUT2D eigenvalue weighted by molar-refractivity contribution is -0.145. The number of carbonyl (C=O) groups excluding carboxylic acids is 9. The fourth-order valence-corrected chi connectivity index (χ4v) is 9.33. The number of para-hydroxylation sites is 1. The van der Waals surface area contributed by atoms with Gasteiger partial charge in [0.1, 0.15) is 54.4 Å². The van der Waals surface area contributed by atoms with E-state index in [1.165, 1.54) is 11.8 Å². The van der Waals surface area contributed by atoms with E-state index in [0.717, 1.165) is 17.8 Å². The molecular formula is C55H88N14O15. The summed E-state index contributed by atoms with van der Waals surface area (Å²) in [5, 5.41) is 60.0. The number of benzene rings is 1. The minimum Gasteiger partial charge on any atom is -0.481 e. The molecule has 13 atom stereocenters. The number of carbonyl (C=O) groups is 11. The Bertz CT molecular complexity index is 2640. The molecule has 9 amide bonds. The average molecular weight is 1190 g/mol. The lowest BCUT2D eigenvalue weighted by Gasteiger charge is -2.32. The number of aliphatic hydroxyl groups excluding tert-OH is 2. The molecule has 0 saturated carbocycles. The van der Waals surface area contributed by atoms with Crippen molar-refractivity contribution < 1.29 is 73.2 Å². The molecular weight excluding hydrogens is 1100 g/mol. The SMILES string of the molecule is CC[C@H](C)[C@H](NC(=O)[C@H](CCCN=C(N)N)NC(=O)[C@H](CCC(=O)O)NC(=O)[C@H](CC(C)C)NC(=O)[C@H](C)NC(=O)[C@H](Cc1c[nH]c2ccccc12)NC(=O)[C@@H]1CCCN1C(=O)[C@@H](NC(=O)[C@@H](N)CO)[C@@H](C)CC)C(=O)N[C@H](C(=O)O)[C@@H](C)O. The Kier molecular flexibility index (Phi) is 28.5. The molecule has 2 heterocycles. The number of aromatic amines is 1. The highest BCUT2D eigenvalue weighted by molar-refractivity contribution is 5.99. The second-order valence-electron chi connectivity index (χ2n) is 21.8. The number of nitrogens with zero attached hydrogens (tertiary/aromatic N) is 2. The summed E-state index contributed by atoms with van der Waals surface area (Å²) in [7, 11) is 0. The quantitative estimate of drug-likeness (QED) is 0.0192. The molecule has 1 aliphatic heterocycles. The van der Waals surface area contributed by atoms with Gasteiger partial charge in [0.25, 0.3) is 0 Å². The Morgan fingerprint density at radius 1 is 0.690 bits per heavy atom. The third-order valence-electron chi connectivity index (χ3n) is 14.7. The van der Waals surface area contributed by atoms with Crippen molar-refractivity contribution >= 4 is 82.0 Å². The minimum absolute atomic E-state index is 0.0203. The Hall–Kier alpha value is -7.92. The van der Waals surface area contributed by atoms with Gasteiger partial charge >= 0.3 is 11.9 Å². The van der Waals surface area contributed by atoms with Gasteiger partial charge in [0, 0.05) is 43.0 Å². The molecule has 19 N–H and O–H groups in total. The van der Waals surface area contributed by atoms with Crippen molar-refractivity contribution in [2.24, 2.45) is 39.9 Å². The van der Waals surface area contributed by atoms with Crippen LogP contribution in [-0.2, 0) is 59.2 Å². The number of H-pyrrole nitrogens is 1. The van der Waals surface area contributed by atoms with Crippen molar-refractivity contribution in [2.45, 2.75) is 186 Å². The van der Waals surface area contributed by atoms with Crippen LogP contribution in [0.15, 0.2) is 35.5 Å². The number of nitrogens with two attached hydrogens (primary N) is 3. The predicted molar refractivity (Wildman–Crippen MR) is 307 cm³/mol. The Morgan fingerprint density at radius 2 is 1.25 bits per heavy atom. The number of nitrogens with one attached hydrogen (secondary N) is 9. The molecule has 29 heteroatoms. The molecule has 1 aromatic carbocycles. The van der Waals surface area contributed by atoms with Crippen LogP contribution in [0.3, 0.4) is 0 Å². The maximum Gasteiger partial charge on any atom is 0.328 e. The maximum atomic E-state index is 14.4. The Morgan fingerprint density at radius 3 is 1.83 bits per heavy atom. The van der Waals surface area contributed by atoms with E-state index in [1.54, 1.807) is 46.9 Å². The standard InChI is InChI=1S/C55H88N14O15/c1-9-28(5)42(52(81)68-44(31(8)71)54(83)84)66-48(77)36(17-13-21-59-55(57)58)62-47(76)37(19-20-41(72)73)63-50(79)38(23-27(3)4)64-45(74)30(7)61-49(78)39(24-32-25-60-35-16-12-11-15-33(32)35)65-51(80)40-18-14-22-69(40)53(82)43(29(6)10-2)67-46(75)34(56)26-70/h11-12,15-16,25,27-31,34,36-40,42-44,60,70-71H,9-10,13-14,17-24,26,56H2,1-8H3,(H,61,78)(H,62,76)(H,63,79)(H,64,74)(H,65,80)(H,66,77)(H,67,75)(H,68,81)(H,72,73)(H,83,84)(H4,57,58,59)/t28-,29-,30-,31+,34-,36-,37-,38-,39-,40-,42-,43-,44-/m0/s1. The molecule has 0 unspecified atom stereocenters. The lowest BCUT2D eigenvalue weighted by atomic mass is 9.96. The third-order valence-corrected chi connectivity index (χ3v) is 14.7. The molecule has 1 aliphatic rings. The zero-order valence-electron chi connectivity index (χ0n) is 49.1. The summed E-state index contributed by atoms with van der Waals surface area (Å²) < 4.78 is 0. The first-order valence-electron chi connectivity index (χ1n) is 28.4. The van der Waals surface area contributed by atoms with Gasteiger partial charge in [0.05, 0.1) is 12.7 Å². The first-order valence-corrected chi connectivity index (χ1v) is 28.4.